The molecule has 16 heavy (non-hydrogen) atoms. The fourth-order valence-electron chi connectivity index (χ4n) is 0.459. The Morgan fingerprint density at radius 1 is 1.62 bits per heavy atom. The smallest absolute Gasteiger partial charge is 0.213 e. The molecule has 90 valence electrons. The predicted molar refractivity (Wildman–Crippen MR) is 56.2 cm³/mol. The molecule has 0 saturated carbocycles. The van der Waals surface area contributed by atoms with E-state index < -0.39 is 0 Å². The molecule has 1 aromatic heterocycles. The molecule has 6 heteroatoms. The van der Waals surface area contributed by atoms with Crippen molar-refractivity contribution in [2.24, 2.45) is 0 Å². The molecule has 0 fully saturated rings. The number of aromatic nitrogens is 2. The second-order valence-corrected chi connectivity index (χ2v) is 2.25. The Morgan fingerprint density at radius 2 is 2.25 bits per heavy atom. The van der Waals surface area contributed by atoms with Crippen molar-refractivity contribution in [1.29, 1.82) is 0 Å². The average molecular weight is 392 g/mol. The van der Waals surface area contributed by atoms with Crippen molar-refractivity contribution in [2.75, 3.05) is 0 Å². The SMILES string of the molecule is Cc1[c-]cnnc1.[CH2-]CC(=O)NC=O.[CH3-].[W]. The van der Waals surface area contributed by atoms with Gasteiger partial charge in [0, 0.05) is 21.1 Å². The van der Waals surface area contributed by atoms with Crippen molar-refractivity contribution in [1.82, 2.24) is 15.5 Å². The third-order valence-corrected chi connectivity index (χ3v) is 1.11. The largest absolute Gasteiger partial charge is 0.358 e. The Bertz CT molecular complexity index is 281. The summed E-state index contributed by atoms with van der Waals surface area (Å²) in [7, 11) is 0. The van der Waals surface area contributed by atoms with Gasteiger partial charge in [-0.3, -0.25) is 14.7 Å². The quantitative estimate of drug-likeness (QED) is 0.589. The zero-order valence-corrected chi connectivity index (χ0v) is 12.2. The van der Waals surface area contributed by atoms with Gasteiger partial charge in [-0.1, -0.05) is 13.1 Å². The summed E-state index contributed by atoms with van der Waals surface area (Å²) in [6.07, 6.45) is 3.67. The second-order valence-electron chi connectivity index (χ2n) is 2.25. The molecule has 0 aliphatic heterocycles. The molecule has 5 nitrogen and oxygen atoms in total. The molecule has 0 spiro atoms. The first-order valence-corrected chi connectivity index (χ1v) is 3.88. The first-order chi connectivity index (χ1) is 6.70. The van der Waals surface area contributed by atoms with Gasteiger partial charge >= 0.3 is 0 Å². The summed E-state index contributed by atoms with van der Waals surface area (Å²) in [6.45, 7) is 5.16. The van der Waals surface area contributed by atoms with Crippen LogP contribution >= 0.6 is 0 Å². The molecule has 0 aliphatic rings. The Labute approximate surface area is 110 Å². The number of hydrogen-bond acceptors (Lipinski definition) is 4. The van der Waals surface area contributed by atoms with Crippen LogP contribution in [0.25, 0.3) is 0 Å². The maximum atomic E-state index is 10.0. The minimum atomic E-state index is -0.352. The van der Waals surface area contributed by atoms with Crippen molar-refractivity contribution >= 4 is 12.3 Å². The first kappa shape index (κ1) is 20.3. The molecule has 0 aromatic carbocycles. The van der Waals surface area contributed by atoms with E-state index >= 15 is 0 Å². The summed E-state index contributed by atoms with van der Waals surface area (Å²) in [5, 5.41) is 9.06. The third kappa shape index (κ3) is 12.9. The Hall–Kier alpha value is -1.09. The molecule has 0 saturated heterocycles. The molecule has 1 heterocycles. The summed E-state index contributed by atoms with van der Waals surface area (Å²) in [5.74, 6) is -0.352. The molecule has 0 unspecified atom stereocenters. The van der Waals surface area contributed by atoms with Crippen molar-refractivity contribution in [3.63, 3.8) is 0 Å². The van der Waals surface area contributed by atoms with Gasteiger partial charge in [0.05, 0.1) is 0 Å². The van der Waals surface area contributed by atoms with E-state index in [-0.39, 0.29) is 40.8 Å². The van der Waals surface area contributed by atoms with Crippen LogP contribution in [-0.4, -0.2) is 22.5 Å². The number of carbonyl (C=O) groups is 2. The molecule has 0 radical (unpaired) electrons. The van der Waals surface area contributed by atoms with Gasteiger partial charge in [-0.15, -0.1) is 6.42 Å². The van der Waals surface area contributed by atoms with Crippen LogP contribution in [0, 0.1) is 27.3 Å². The summed E-state index contributed by atoms with van der Waals surface area (Å²) >= 11 is 0. The maximum Gasteiger partial charge on any atom is 0.213 e. The van der Waals surface area contributed by atoms with E-state index in [0.717, 1.165) is 5.56 Å². The van der Waals surface area contributed by atoms with Crippen LogP contribution in [0.2, 0.25) is 0 Å². The van der Waals surface area contributed by atoms with E-state index in [4.69, 9.17) is 0 Å². The number of amides is 2. The van der Waals surface area contributed by atoms with Gasteiger partial charge in [-0.05, 0) is 6.20 Å². The maximum absolute atomic E-state index is 10.0. The van der Waals surface area contributed by atoms with Gasteiger partial charge in [0.15, 0.2) is 5.91 Å². The number of rotatable bonds is 2. The number of imide groups is 1. The van der Waals surface area contributed by atoms with Crippen LogP contribution in [0.15, 0.2) is 12.4 Å². The van der Waals surface area contributed by atoms with Crippen LogP contribution < -0.4 is 5.32 Å². The normalized spacial score (nSPS) is 7.12. The van der Waals surface area contributed by atoms with Crippen molar-refractivity contribution in [2.45, 2.75) is 13.3 Å². The van der Waals surface area contributed by atoms with Gasteiger partial charge in [-0.25, -0.2) is 11.6 Å². The molecular formula is C10H14N3O2W-3. The van der Waals surface area contributed by atoms with E-state index in [2.05, 4.69) is 23.2 Å². The van der Waals surface area contributed by atoms with E-state index in [1.54, 1.807) is 12.4 Å². The molecule has 0 aliphatic carbocycles. The van der Waals surface area contributed by atoms with Gasteiger partial charge < -0.3 is 19.7 Å². The van der Waals surface area contributed by atoms with Crippen LogP contribution in [0.5, 0.6) is 0 Å². The summed E-state index contributed by atoms with van der Waals surface area (Å²) in [5.41, 5.74) is 1.02. The molecular weight excluding hydrogens is 378 g/mol. The monoisotopic (exact) mass is 392 g/mol. The Kier molecular flexibility index (Phi) is 17.7. The molecule has 1 N–H and O–H groups in total. The summed E-state index contributed by atoms with van der Waals surface area (Å²) in [4.78, 5) is 19.4. The summed E-state index contributed by atoms with van der Waals surface area (Å²) in [6, 6.07) is 2.86. The minimum absolute atomic E-state index is 0. The van der Waals surface area contributed by atoms with Crippen LogP contribution in [0.4, 0.5) is 0 Å². The van der Waals surface area contributed by atoms with E-state index in [9.17, 15) is 9.59 Å². The molecule has 1 aromatic rings. The zero-order valence-electron chi connectivity index (χ0n) is 9.27. The Balaban J connectivity index is -0.000000188. The van der Waals surface area contributed by atoms with Gasteiger partial charge in [-0.2, -0.15) is 5.10 Å². The molecule has 0 bridgehead atoms. The van der Waals surface area contributed by atoms with Crippen LogP contribution in [0.3, 0.4) is 0 Å². The number of carbonyl (C=O) groups excluding carboxylic acids is 2. The van der Waals surface area contributed by atoms with Crippen molar-refractivity contribution in [3.8, 4) is 0 Å². The van der Waals surface area contributed by atoms with E-state index in [1.807, 2.05) is 12.2 Å². The third-order valence-electron chi connectivity index (χ3n) is 1.11. The van der Waals surface area contributed by atoms with Crippen molar-refractivity contribution in [3.05, 3.63) is 38.4 Å². The molecule has 2 amide bonds. The second kappa shape index (κ2) is 13.9. The van der Waals surface area contributed by atoms with E-state index in [0.29, 0.717) is 6.41 Å². The van der Waals surface area contributed by atoms with Gasteiger partial charge in [0.25, 0.3) is 0 Å². The first-order valence-electron chi connectivity index (χ1n) is 3.88. The topological polar surface area (TPSA) is 72.0 Å². The minimum Gasteiger partial charge on any atom is -0.358 e. The fourth-order valence-corrected chi connectivity index (χ4v) is 0.459. The number of aryl methyl sites for hydroxylation is 1. The predicted octanol–water partition coefficient (Wildman–Crippen LogP) is 0.516. The Morgan fingerprint density at radius 3 is 2.44 bits per heavy atom. The summed E-state index contributed by atoms with van der Waals surface area (Å²) < 4.78 is 0. The van der Waals surface area contributed by atoms with Crippen LogP contribution in [0.1, 0.15) is 12.0 Å². The number of nitrogens with one attached hydrogen (secondary N) is 1. The van der Waals surface area contributed by atoms with Gasteiger partial charge in [0.1, 0.15) is 0 Å². The fraction of sp³-hybridized carbons (Fsp3) is 0.200. The van der Waals surface area contributed by atoms with Gasteiger partial charge in [0.2, 0.25) is 6.41 Å². The van der Waals surface area contributed by atoms with Crippen molar-refractivity contribution < 1.29 is 30.7 Å². The average Bonchev–Trinajstić information content (AvgIpc) is 2.20. The van der Waals surface area contributed by atoms with Crippen LogP contribution in [-0.2, 0) is 30.7 Å². The number of nitrogens with zero attached hydrogens (tertiary/aromatic N) is 2. The molecule has 0 atom stereocenters. The van der Waals surface area contributed by atoms with E-state index in [1.165, 1.54) is 0 Å². The molecule has 1 rings (SSSR count). The zero-order chi connectivity index (χ0) is 10.8. The standard InChI is InChI=1S/C5H5N2.C4H6NO2.CH3.W/c1-5-2-3-6-7-4-5;1-2-4(7)5-3-6;;/h3-4H,1H3;3H,1-2H2,(H,5,6,7);1H3;/q3*-1;. The number of hydrogen-bond donors (Lipinski definition) is 1.